The molecule has 2 fully saturated rings. The average Bonchev–Trinajstić information content (AvgIpc) is 2.15. The van der Waals surface area contributed by atoms with Gasteiger partial charge < -0.3 is 6.42 Å². The summed E-state index contributed by atoms with van der Waals surface area (Å²) in [5.41, 5.74) is 0. The van der Waals surface area contributed by atoms with Crippen molar-refractivity contribution in [1.82, 2.24) is 0 Å². The minimum Gasteiger partial charge on any atom is -0.325 e. The van der Waals surface area contributed by atoms with Crippen molar-refractivity contribution in [3.05, 3.63) is 6.42 Å². The first-order chi connectivity index (χ1) is 3.97. The predicted molar refractivity (Wildman–Crippen MR) is 34.4 cm³/mol. The van der Waals surface area contributed by atoms with Gasteiger partial charge in [0.05, 0.1) is 0 Å². The molecule has 56 valence electrons. The van der Waals surface area contributed by atoms with Gasteiger partial charge in [-0.2, -0.15) is 12.3 Å². The van der Waals surface area contributed by atoms with Crippen molar-refractivity contribution >= 4 is 0 Å². The fourth-order valence-corrected chi connectivity index (χ4v) is 2.26. The molecule has 2 aliphatic rings. The van der Waals surface area contributed by atoms with Gasteiger partial charge in [0.2, 0.25) is 0 Å². The molecule has 0 saturated heterocycles. The second-order valence-electron chi connectivity index (χ2n) is 3.17. The maximum absolute atomic E-state index is 2.54. The third-order valence-electron chi connectivity index (χ3n) is 2.72. The van der Waals surface area contributed by atoms with Crippen molar-refractivity contribution in [3.8, 4) is 0 Å². The Morgan fingerprint density at radius 2 is 2.00 bits per heavy atom. The van der Waals surface area contributed by atoms with Crippen molar-refractivity contribution in [2.75, 3.05) is 0 Å². The van der Waals surface area contributed by atoms with Crippen LogP contribution in [0.4, 0.5) is 0 Å². The Bertz CT molecular complexity index is 70.6. The SMILES string of the molecule is [CH-]1CC[C@H]2CCC[C@@H]12.[Ni]. The summed E-state index contributed by atoms with van der Waals surface area (Å²) in [6, 6.07) is 0. The van der Waals surface area contributed by atoms with Crippen LogP contribution in [0, 0.1) is 18.3 Å². The van der Waals surface area contributed by atoms with Crippen LogP contribution in [-0.4, -0.2) is 0 Å². The summed E-state index contributed by atoms with van der Waals surface area (Å²) in [4.78, 5) is 0. The van der Waals surface area contributed by atoms with Gasteiger partial charge in [-0.1, -0.05) is 31.6 Å². The minimum absolute atomic E-state index is 0. The predicted octanol–water partition coefficient (Wildman–Crippen LogP) is 2.40. The van der Waals surface area contributed by atoms with E-state index in [1.807, 2.05) is 0 Å². The van der Waals surface area contributed by atoms with E-state index in [1.165, 1.54) is 32.1 Å². The Balaban J connectivity index is 0.000000405. The van der Waals surface area contributed by atoms with Crippen molar-refractivity contribution in [2.24, 2.45) is 11.8 Å². The normalized spacial score (nSPS) is 40.0. The van der Waals surface area contributed by atoms with Gasteiger partial charge in [0.15, 0.2) is 0 Å². The summed E-state index contributed by atoms with van der Waals surface area (Å²) in [5.74, 6) is 2.17. The van der Waals surface area contributed by atoms with E-state index in [4.69, 9.17) is 0 Å². The quantitative estimate of drug-likeness (QED) is 0.384. The standard InChI is InChI=1S/C8H13.Ni/c1-3-7-5-2-6-8(7)4-1;/h3,7-8H,1-2,4-6H2;/q-1;/t7-,8+;/m1./s1. The first-order valence-corrected chi connectivity index (χ1v) is 3.80. The number of fused-ring (bicyclic) bond motifs is 1. The van der Waals surface area contributed by atoms with Crippen LogP contribution in [0.2, 0.25) is 0 Å². The summed E-state index contributed by atoms with van der Waals surface area (Å²) in [7, 11) is 0. The molecule has 0 amide bonds. The Labute approximate surface area is 67.3 Å². The van der Waals surface area contributed by atoms with Gasteiger partial charge in [-0.3, -0.25) is 0 Å². The molecule has 2 aliphatic carbocycles. The molecule has 2 saturated carbocycles. The maximum atomic E-state index is 2.54. The average molecular weight is 168 g/mol. The molecular formula is C8H13Ni-. The molecule has 0 heterocycles. The minimum atomic E-state index is 0. The van der Waals surface area contributed by atoms with Gasteiger partial charge in [-0.15, -0.1) is 0 Å². The van der Waals surface area contributed by atoms with E-state index in [9.17, 15) is 0 Å². The molecule has 0 nitrogen and oxygen atoms in total. The first kappa shape index (κ1) is 7.60. The van der Waals surface area contributed by atoms with E-state index in [-0.39, 0.29) is 16.5 Å². The largest absolute Gasteiger partial charge is 0.325 e. The summed E-state index contributed by atoms with van der Waals surface area (Å²) >= 11 is 0. The third-order valence-corrected chi connectivity index (χ3v) is 2.72. The number of hydrogen-bond donors (Lipinski definition) is 0. The summed E-state index contributed by atoms with van der Waals surface area (Å²) < 4.78 is 0. The molecule has 9 heavy (non-hydrogen) atoms. The molecule has 0 aromatic rings. The molecule has 0 bridgehead atoms. The first-order valence-electron chi connectivity index (χ1n) is 3.80. The van der Waals surface area contributed by atoms with Crippen molar-refractivity contribution in [2.45, 2.75) is 32.1 Å². The summed E-state index contributed by atoms with van der Waals surface area (Å²) in [5, 5.41) is 0. The van der Waals surface area contributed by atoms with E-state index in [1.54, 1.807) is 0 Å². The zero-order chi connectivity index (χ0) is 5.40. The fourth-order valence-electron chi connectivity index (χ4n) is 2.26. The molecule has 2 rings (SSSR count). The molecule has 0 aromatic carbocycles. The van der Waals surface area contributed by atoms with Gasteiger partial charge in [0.1, 0.15) is 0 Å². The van der Waals surface area contributed by atoms with Crippen molar-refractivity contribution in [3.63, 3.8) is 0 Å². The summed E-state index contributed by atoms with van der Waals surface area (Å²) in [6.45, 7) is 0. The van der Waals surface area contributed by atoms with Crippen LogP contribution in [-0.2, 0) is 16.5 Å². The molecule has 0 N–H and O–H groups in total. The van der Waals surface area contributed by atoms with Gasteiger partial charge in [0, 0.05) is 16.5 Å². The van der Waals surface area contributed by atoms with Crippen LogP contribution >= 0.6 is 0 Å². The van der Waals surface area contributed by atoms with E-state index < -0.39 is 0 Å². The monoisotopic (exact) mass is 167 g/mol. The van der Waals surface area contributed by atoms with E-state index in [0.717, 1.165) is 11.8 Å². The van der Waals surface area contributed by atoms with Crippen LogP contribution in [0.5, 0.6) is 0 Å². The van der Waals surface area contributed by atoms with Crippen LogP contribution < -0.4 is 0 Å². The van der Waals surface area contributed by atoms with E-state index in [2.05, 4.69) is 6.42 Å². The molecule has 0 unspecified atom stereocenters. The van der Waals surface area contributed by atoms with Crippen LogP contribution in [0.15, 0.2) is 0 Å². The zero-order valence-corrected chi connectivity index (χ0v) is 6.57. The summed E-state index contributed by atoms with van der Waals surface area (Å²) in [6.07, 6.45) is 10.00. The van der Waals surface area contributed by atoms with Crippen molar-refractivity contribution < 1.29 is 16.5 Å². The Morgan fingerprint density at radius 1 is 1.11 bits per heavy atom. The number of hydrogen-bond acceptors (Lipinski definition) is 0. The smallest absolute Gasteiger partial charge is 0 e. The molecule has 0 aliphatic heterocycles. The second-order valence-corrected chi connectivity index (χ2v) is 3.17. The van der Waals surface area contributed by atoms with Crippen LogP contribution in [0.3, 0.4) is 0 Å². The van der Waals surface area contributed by atoms with Crippen molar-refractivity contribution in [1.29, 1.82) is 0 Å². The Kier molecular flexibility index (Phi) is 2.58. The zero-order valence-electron chi connectivity index (χ0n) is 5.58. The number of rotatable bonds is 0. The van der Waals surface area contributed by atoms with E-state index in [0.29, 0.717) is 0 Å². The molecule has 2 atom stereocenters. The molecule has 1 heteroatoms. The third kappa shape index (κ3) is 1.32. The molecule has 0 spiro atoms. The maximum Gasteiger partial charge on any atom is 0 e. The van der Waals surface area contributed by atoms with Gasteiger partial charge in [-0.05, 0) is 0 Å². The van der Waals surface area contributed by atoms with Gasteiger partial charge in [0.25, 0.3) is 0 Å². The van der Waals surface area contributed by atoms with Gasteiger partial charge in [-0.25, -0.2) is 0 Å². The Morgan fingerprint density at radius 3 is 2.78 bits per heavy atom. The molecular weight excluding hydrogens is 155 g/mol. The topological polar surface area (TPSA) is 0 Å². The van der Waals surface area contributed by atoms with E-state index >= 15 is 0 Å². The Hall–Kier alpha value is 0.494. The second kappa shape index (κ2) is 3.06. The molecule has 0 aromatic heterocycles. The van der Waals surface area contributed by atoms with Crippen LogP contribution in [0.1, 0.15) is 32.1 Å². The fraction of sp³-hybridized carbons (Fsp3) is 0.875. The van der Waals surface area contributed by atoms with Crippen LogP contribution in [0.25, 0.3) is 0 Å². The van der Waals surface area contributed by atoms with Gasteiger partial charge >= 0.3 is 0 Å². The molecule has 0 radical (unpaired) electrons.